The largest absolute Gasteiger partial charge is 1.00 e. The first-order valence-corrected chi connectivity index (χ1v) is 7.69. The number of carbonyl (C=O) groups is 1. The summed E-state index contributed by atoms with van der Waals surface area (Å²) in [7, 11) is 0. The first kappa shape index (κ1) is 23.8. The third-order valence-electron chi connectivity index (χ3n) is 3.25. The number of aliphatic imine (C=N–C) groups is 1. The summed E-state index contributed by atoms with van der Waals surface area (Å²) < 4.78 is 0. The van der Waals surface area contributed by atoms with Gasteiger partial charge < -0.3 is 15.3 Å². The van der Waals surface area contributed by atoms with Gasteiger partial charge in [-0.1, -0.05) is 58.3 Å². The Balaban J connectivity index is 0. The quantitative estimate of drug-likeness (QED) is 0.199. The monoisotopic (exact) mass is 325 g/mol. The molecule has 5 nitrogen and oxygen atoms in total. The molecule has 0 unspecified atom stereocenters. The summed E-state index contributed by atoms with van der Waals surface area (Å²) in [5.41, 5.74) is 0. The number of carboxylic acid groups (broad SMARTS) is 1. The van der Waals surface area contributed by atoms with Crippen molar-refractivity contribution in [3.8, 4) is 0 Å². The summed E-state index contributed by atoms with van der Waals surface area (Å²) in [5, 5.41) is 28.8. The second-order valence-electron chi connectivity index (χ2n) is 5.14. The van der Waals surface area contributed by atoms with Crippen LogP contribution in [0.4, 0.5) is 0 Å². The van der Waals surface area contributed by atoms with Crippen molar-refractivity contribution in [3.05, 3.63) is 0 Å². The minimum absolute atomic E-state index is 0. The number of hydrogen-bond donors (Lipinski definition) is 2. The number of rotatable bonds is 13. The molecule has 0 rings (SSSR count). The van der Waals surface area contributed by atoms with E-state index in [0.717, 1.165) is 19.3 Å². The van der Waals surface area contributed by atoms with E-state index in [1.807, 2.05) is 0 Å². The molecule has 0 saturated carbocycles. The Labute approximate surface area is 170 Å². The number of aliphatic hydroxyl groups excluding tert-OH is 1. The predicted octanol–water partition coefficient (Wildman–Crippen LogP) is -0.884. The predicted molar refractivity (Wildman–Crippen MR) is 77.8 cm³/mol. The van der Waals surface area contributed by atoms with Crippen LogP contribution < -0.4 is 56.5 Å². The molecule has 0 aliphatic heterocycles. The summed E-state index contributed by atoms with van der Waals surface area (Å²) in [6.45, 7) is 1.58. The van der Waals surface area contributed by atoms with Crippen LogP contribution in [0.25, 0.3) is 0 Å². The van der Waals surface area contributed by atoms with Gasteiger partial charge in [-0.25, -0.2) is 4.79 Å². The van der Waals surface area contributed by atoms with Crippen LogP contribution in [-0.4, -0.2) is 34.7 Å². The van der Waals surface area contributed by atoms with Crippen LogP contribution in [0.15, 0.2) is 4.99 Å². The molecule has 21 heavy (non-hydrogen) atoms. The average molecular weight is 325 g/mol. The van der Waals surface area contributed by atoms with Gasteiger partial charge in [0.1, 0.15) is 0 Å². The standard InChI is InChI=1S/C15H29NO4.K/c1-2-3-4-5-6-7-8-9-10-11-14(18)16-13(12-17)15(19)20;/h13,17H,2-12H2,1H3,(H,16,18)(H,19,20);/q;+1/p-1/t13-;/m1./s1. The SMILES string of the molecule is CCCCCCCCCCCC([O-])=N[C@H](CO)C(=O)O.[K+]. The maximum Gasteiger partial charge on any atom is 1.00 e. The van der Waals surface area contributed by atoms with Crippen LogP contribution >= 0.6 is 0 Å². The molecular weight excluding hydrogens is 297 g/mol. The molecule has 2 N–H and O–H groups in total. The minimum Gasteiger partial charge on any atom is -0.862 e. The molecule has 6 heteroatoms. The molecule has 1 atom stereocenters. The number of carboxylic acids is 1. The van der Waals surface area contributed by atoms with Crippen molar-refractivity contribution in [1.29, 1.82) is 0 Å². The Kier molecular flexibility index (Phi) is 19.2. The zero-order valence-corrected chi connectivity index (χ0v) is 16.6. The molecule has 0 radical (unpaired) electrons. The normalized spacial score (nSPS) is 12.8. The molecule has 0 saturated heterocycles. The fraction of sp³-hybridized carbons (Fsp3) is 0.867. The van der Waals surface area contributed by atoms with E-state index < -0.39 is 24.5 Å². The molecule has 0 heterocycles. The Morgan fingerprint density at radius 1 is 1.05 bits per heavy atom. The van der Waals surface area contributed by atoms with Crippen molar-refractivity contribution in [3.63, 3.8) is 0 Å². The van der Waals surface area contributed by atoms with Crippen LogP contribution in [0.2, 0.25) is 0 Å². The molecule has 0 fully saturated rings. The molecule has 0 bridgehead atoms. The van der Waals surface area contributed by atoms with E-state index in [1.54, 1.807) is 0 Å². The second-order valence-corrected chi connectivity index (χ2v) is 5.14. The Hall–Kier alpha value is 0.536. The van der Waals surface area contributed by atoms with Gasteiger partial charge in [0, 0.05) is 0 Å². The molecule has 0 aromatic heterocycles. The van der Waals surface area contributed by atoms with E-state index in [2.05, 4.69) is 11.9 Å². The van der Waals surface area contributed by atoms with Gasteiger partial charge in [-0.05, 0) is 18.7 Å². The second kappa shape index (κ2) is 16.9. The van der Waals surface area contributed by atoms with E-state index in [9.17, 15) is 9.90 Å². The Bertz CT molecular complexity index is 285. The Morgan fingerprint density at radius 2 is 1.52 bits per heavy atom. The molecule has 0 amide bonds. The van der Waals surface area contributed by atoms with Crippen LogP contribution in [0.1, 0.15) is 71.1 Å². The molecule has 0 aromatic rings. The topological polar surface area (TPSA) is 93.0 Å². The van der Waals surface area contributed by atoms with Crippen LogP contribution in [0, 0.1) is 0 Å². The zero-order chi connectivity index (χ0) is 15.2. The molecule has 0 aliphatic rings. The fourth-order valence-electron chi connectivity index (χ4n) is 2.00. The third-order valence-corrected chi connectivity index (χ3v) is 3.25. The van der Waals surface area contributed by atoms with E-state index in [0.29, 0.717) is 0 Å². The number of unbranched alkanes of at least 4 members (excludes halogenated alkanes) is 8. The van der Waals surface area contributed by atoms with Gasteiger partial charge in [0.2, 0.25) is 0 Å². The van der Waals surface area contributed by atoms with Crippen LogP contribution in [-0.2, 0) is 4.79 Å². The molecule has 0 spiro atoms. The van der Waals surface area contributed by atoms with Crippen molar-refractivity contribution in [2.75, 3.05) is 6.61 Å². The minimum atomic E-state index is -1.30. The smallest absolute Gasteiger partial charge is 0.862 e. The van der Waals surface area contributed by atoms with E-state index in [4.69, 9.17) is 10.2 Å². The maximum absolute atomic E-state index is 11.4. The van der Waals surface area contributed by atoms with Gasteiger partial charge >= 0.3 is 57.4 Å². The van der Waals surface area contributed by atoms with E-state index in [1.165, 1.54) is 38.5 Å². The van der Waals surface area contributed by atoms with Crippen LogP contribution in [0.3, 0.4) is 0 Å². The van der Waals surface area contributed by atoms with E-state index >= 15 is 0 Å². The summed E-state index contributed by atoms with van der Waals surface area (Å²) >= 11 is 0. The molecular formula is C15H28KNO4. The van der Waals surface area contributed by atoms with Crippen LogP contribution in [0.5, 0.6) is 0 Å². The molecule has 0 aliphatic carbocycles. The van der Waals surface area contributed by atoms with Gasteiger partial charge in [-0.3, -0.25) is 4.99 Å². The van der Waals surface area contributed by atoms with Crippen molar-refractivity contribution in [1.82, 2.24) is 0 Å². The number of hydrogen-bond acceptors (Lipinski definition) is 4. The third kappa shape index (κ3) is 15.2. The van der Waals surface area contributed by atoms with Crippen molar-refractivity contribution < 1.29 is 71.5 Å². The van der Waals surface area contributed by atoms with Gasteiger partial charge in [0.05, 0.1) is 6.61 Å². The number of aliphatic hydroxyl groups is 1. The van der Waals surface area contributed by atoms with E-state index in [-0.39, 0.29) is 57.8 Å². The molecule has 0 aromatic carbocycles. The number of nitrogens with zero attached hydrogens (tertiary/aromatic N) is 1. The average Bonchev–Trinajstić information content (AvgIpc) is 2.42. The van der Waals surface area contributed by atoms with Gasteiger partial charge in [-0.2, -0.15) is 0 Å². The fourth-order valence-corrected chi connectivity index (χ4v) is 2.00. The van der Waals surface area contributed by atoms with Crippen molar-refractivity contribution in [2.45, 2.75) is 77.2 Å². The van der Waals surface area contributed by atoms with Crippen molar-refractivity contribution >= 4 is 11.9 Å². The van der Waals surface area contributed by atoms with Crippen molar-refractivity contribution in [2.24, 2.45) is 4.99 Å². The first-order chi connectivity index (χ1) is 9.61. The Morgan fingerprint density at radius 3 is 1.95 bits per heavy atom. The summed E-state index contributed by atoms with van der Waals surface area (Å²) in [6.07, 6.45) is 10.7. The van der Waals surface area contributed by atoms with Gasteiger partial charge in [-0.15, -0.1) is 0 Å². The summed E-state index contributed by atoms with van der Waals surface area (Å²) in [4.78, 5) is 14.1. The molecule has 118 valence electrons. The van der Waals surface area contributed by atoms with Gasteiger partial charge in [0.15, 0.2) is 6.04 Å². The summed E-state index contributed by atoms with van der Waals surface area (Å²) in [5.74, 6) is -1.68. The number of aliphatic carboxylic acids is 1. The maximum atomic E-state index is 11.4. The first-order valence-electron chi connectivity index (χ1n) is 7.69. The zero-order valence-electron chi connectivity index (χ0n) is 13.5. The van der Waals surface area contributed by atoms with Gasteiger partial charge in [0.25, 0.3) is 0 Å². The summed E-state index contributed by atoms with van der Waals surface area (Å²) in [6, 6.07) is -1.30.